The van der Waals surface area contributed by atoms with Gasteiger partial charge in [-0.05, 0) is 30.2 Å². The summed E-state index contributed by atoms with van der Waals surface area (Å²) in [5.74, 6) is 0.306. The van der Waals surface area contributed by atoms with E-state index in [4.69, 9.17) is 9.97 Å². The third-order valence-electron chi connectivity index (χ3n) is 5.85. The van der Waals surface area contributed by atoms with E-state index in [1.165, 1.54) is 23.5 Å². The molecule has 184 valence electrons. The van der Waals surface area contributed by atoms with Gasteiger partial charge in [0.25, 0.3) is 5.91 Å². The Balaban J connectivity index is 1.36. The molecule has 1 amide bonds. The van der Waals surface area contributed by atoms with Crippen molar-refractivity contribution in [3.05, 3.63) is 66.0 Å². The summed E-state index contributed by atoms with van der Waals surface area (Å²) in [6.07, 6.45) is 3.44. The van der Waals surface area contributed by atoms with Crippen molar-refractivity contribution in [2.45, 2.75) is 11.3 Å². The van der Waals surface area contributed by atoms with Crippen molar-refractivity contribution in [2.24, 2.45) is 7.05 Å². The number of carbonyl (C=O) groups excluding carboxylic acids is 1. The van der Waals surface area contributed by atoms with Crippen molar-refractivity contribution in [3.8, 4) is 10.6 Å². The van der Waals surface area contributed by atoms with Crippen LogP contribution in [-0.2, 0) is 23.3 Å². The zero-order valence-corrected chi connectivity index (χ0v) is 21.6. The van der Waals surface area contributed by atoms with Crippen LogP contribution in [-0.4, -0.2) is 53.7 Å². The molecule has 0 saturated carbocycles. The number of rotatable bonds is 7. The molecule has 0 atom stereocenters. The zero-order chi connectivity index (χ0) is 25.4. The average molecular weight is 521 g/mol. The highest BCUT2D eigenvalue weighted by Gasteiger charge is 2.19. The SMILES string of the molecule is CNc1nc2sc(-c3cccc(CCNC(=O)c4ccccc4S(C)(=O)=O)c3)nc2c2c1ncn2C. The van der Waals surface area contributed by atoms with Crippen LogP contribution in [0.2, 0.25) is 0 Å². The summed E-state index contributed by atoms with van der Waals surface area (Å²) in [5, 5.41) is 6.80. The van der Waals surface area contributed by atoms with Crippen LogP contribution in [0.3, 0.4) is 0 Å². The van der Waals surface area contributed by atoms with Crippen LogP contribution in [0.25, 0.3) is 32.0 Å². The van der Waals surface area contributed by atoms with Crippen LogP contribution in [0.4, 0.5) is 5.82 Å². The minimum absolute atomic E-state index is 0.0258. The number of aromatic nitrogens is 4. The first-order valence-electron chi connectivity index (χ1n) is 11.2. The molecule has 5 rings (SSSR count). The minimum atomic E-state index is -3.50. The molecule has 0 bridgehead atoms. The molecule has 0 spiro atoms. The highest BCUT2D eigenvalue weighted by molar-refractivity contribution is 7.90. The number of amides is 1. The van der Waals surface area contributed by atoms with Gasteiger partial charge >= 0.3 is 0 Å². The normalized spacial score (nSPS) is 11.8. The zero-order valence-electron chi connectivity index (χ0n) is 19.9. The quantitative estimate of drug-likeness (QED) is 0.336. The molecule has 3 aromatic heterocycles. The Hall–Kier alpha value is -3.83. The van der Waals surface area contributed by atoms with Crippen LogP contribution in [0.5, 0.6) is 0 Å². The summed E-state index contributed by atoms with van der Waals surface area (Å²) in [7, 11) is 0.265. The van der Waals surface area contributed by atoms with E-state index in [2.05, 4.69) is 15.6 Å². The summed E-state index contributed by atoms with van der Waals surface area (Å²) >= 11 is 1.52. The number of imidazole rings is 1. The second-order valence-electron chi connectivity index (χ2n) is 8.41. The summed E-state index contributed by atoms with van der Waals surface area (Å²) in [4.78, 5) is 27.5. The number of nitrogens with zero attached hydrogens (tertiary/aromatic N) is 4. The number of hydrogen-bond acceptors (Lipinski definition) is 8. The fraction of sp³-hybridized carbons (Fsp3) is 0.200. The van der Waals surface area contributed by atoms with Gasteiger partial charge in [-0.2, -0.15) is 0 Å². The molecule has 11 heteroatoms. The van der Waals surface area contributed by atoms with E-state index >= 15 is 0 Å². The van der Waals surface area contributed by atoms with Crippen LogP contribution < -0.4 is 10.6 Å². The molecule has 0 aliphatic heterocycles. The molecule has 3 heterocycles. The molecule has 0 unspecified atom stereocenters. The molecule has 5 aromatic rings. The van der Waals surface area contributed by atoms with Gasteiger partial charge in [-0.25, -0.2) is 23.4 Å². The molecule has 36 heavy (non-hydrogen) atoms. The lowest BCUT2D eigenvalue weighted by Crippen LogP contribution is -2.27. The molecule has 0 aliphatic rings. The Kier molecular flexibility index (Phi) is 6.19. The van der Waals surface area contributed by atoms with Crippen molar-refractivity contribution in [1.82, 2.24) is 24.8 Å². The lowest BCUT2D eigenvalue weighted by atomic mass is 10.1. The Morgan fingerprint density at radius 2 is 1.89 bits per heavy atom. The molecule has 2 aromatic carbocycles. The molecule has 0 radical (unpaired) electrons. The second-order valence-corrected chi connectivity index (χ2v) is 11.4. The number of nitrogens with one attached hydrogen (secondary N) is 2. The highest BCUT2D eigenvalue weighted by atomic mass is 32.2. The van der Waals surface area contributed by atoms with Gasteiger partial charge in [0.05, 0.1) is 16.8 Å². The monoisotopic (exact) mass is 520 g/mol. The number of sulfone groups is 1. The van der Waals surface area contributed by atoms with E-state index in [1.807, 2.05) is 42.9 Å². The Morgan fingerprint density at radius 3 is 2.67 bits per heavy atom. The first-order chi connectivity index (χ1) is 17.3. The maximum atomic E-state index is 12.7. The first-order valence-corrected chi connectivity index (χ1v) is 13.9. The number of anilines is 1. The minimum Gasteiger partial charge on any atom is -0.371 e. The third-order valence-corrected chi connectivity index (χ3v) is 8.00. The largest absolute Gasteiger partial charge is 0.371 e. The fourth-order valence-corrected chi connectivity index (χ4v) is 5.96. The maximum absolute atomic E-state index is 12.7. The van der Waals surface area contributed by atoms with Gasteiger partial charge in [0, 0.05) is 32.5 Å². The first kappa shape index (κ1) is 23.9. The van der Waals surface area contributed by atoms with Crippen molar-refractivity contribution >= 4 is 54.3 Å². The Morgan fingerprint density at radius 1 is 1.08 bits per heavy atom. The molecule has 0 aliphatic carbocycles. The van der Waals surface area contributed by atoms with E-state index in [0.29, 0.717) is 13.0 Å². The van der Waals surface area contributed by atoms with Gasteiger partial charge in [0.1, 0.15) is 26.4 Å². The van der Waals surface area contributed by atoms with E-state index in [-0.39, 0.29) is 10.5 Å². The highest BCUT2D eigenvalue weighted by Crippen LogP contribution is 2.35. The molecule has 9 nitrogen and oxygen atoms in total. The predicted molar refractivity (Wildman–Crippen MR) is 142 cm³/mol. The number of benzene rings is 2. The summed E-state index contributed by atoms with van der Waals surface area (Å²) in [6, 6.07) is 14.2. The van der Waals surface area contributed by atoms with E-state index in [0.717, 1.165) is 49.6 Å². The summed E-state index contributed by atoms with van der Waals surface area (Å²) in [6.45, 7) is 0.364. The number of pyridine rings is 1. The summed E-state index contributed by atoms with van der Waals surface area (Å²) in [5.41, 5.74) is 4.67. The van der Waals surface area contributed by atoms with Gasteiger partial charge in [0.2, 0.25) is 0 Å². The van der Waals surface area contributed by atoms with Gasteiger partial charge in [-0.1, -0.05) is 41.7 Å². The van der Waals surface area contributed by atoms with E-state index in [1.54, 1.807) is 18.5 Å². The van der Waals surface area contributed by atoms with Crippen LogP contribution >= 0.6 is 11.3 Å². The van der Waals surface area contributed by atoms with Crippen LogP contribution in [0.15, 0.2) is 59.8 Å². The average Bonchev–Trinajstić information content (AvgIpc) is 3.46. The molecule has 0 saturated heterocycles. The standard InChI is InChI=1S/C25H24N6O3S2/c1-26-22-19-21(31(2)14-28-19)20-25(30-22)35-24(29-20)16-8-6-7-15(13-16)11-12-27-23(32)17-9-4-5-10-18(17)36(3,33)34/h4-10,13-14H,11-12H2,1-3H3,(H,26,30)(H,27,32). The Labute approximate surface area is 212 Å². The predicted octanol–water partition coefficient (Wildman–Crippen LogP) is 3.66. The van der Waals surface area contributed by atoms with E-state index < -0.39 is 15.7 Å². The Bertz CT molecular complexity index is 1720. The van der Waals surface area contributed by atoms with Crippen molar-refractivity contribution in [1.29, 1.82) is 0 Å². The molecular weight excluding hydrogens is 496 g/mol. The lowest BCUT2D eigenvalue weighted by molar-refractivity contribution is 0.0951. The number of aryl methyl sites for hydroxylation is 1. The molecule has 2 N–H and O–H groups in total. The summed E-state index contributed by atoms with van der Waals surface area (Å²) < 4.78 is 26.0. The lowest BCUT2D eigenvalue weighted by Gasteiger charge is -2.09. The topological polar surface area (TPSA) is 119 Å². The van der Waals surface area contributed by atoms with Crippen molar-refractivity contribution < 1.29 is 13.2 Å². The van der Waals surface area contributed by atoms with Crippen molar-refractivity contribution in [3.63, 3.8) is 0 Å². The maximum Gasteiger partial charge on any atom is 0.252 e. The fourth-order valence-electron chi connectivity index (χ4n) is 4.13. The van der Waals surface area contributed by atoms with Crippen LogP contribution in [0, 0.1) is 0 Å². The number of hydrogen-bond donors (Lipinski definition) is 2. The molecule has 0 fully saturated rings. The van der Waals surface area contributed by atoms with Gasteiger partial charge in [-0.3, -0.25) is 4.79 Å². The third kappa shape index (κ3) is 4.42. The number of thiazole rings is 1. The van der Waals surface area contributed by atoms with Gasteiger partial charge < -0.3 is 15.2 Å². The van der Waals surface area contributed by atoms with Gasteiger partial charge in [-0.15, -0.1) is 0 Å². The molecular formula is C25H24N6O3S2. The van der Waals surface area contributed by atoms with Crippen LogP contribution in [0.1, 0.15) is 15.9 Å². The second kappa shape index (κ2) is 9.32. The van der Waals surface area contributed by atoms with E-state index in [9.17, 15) is 13.2 Å². The van der Waals surface area contributed by atoms with Gasteiger partial charge in [0.15, 0.2) is 15.7 Å². The number of carbonyl (C=O) groups is 1. The van der Waals surface area contributed by atoms with Crippen molar-refractivity contribution in [2.75, 3.05) is 25.2 Å². The smallest absolute Gasteiger partial charge is 0.252 e. The number of fused-ring (bicyclic) bond motifs is 3.